The lowest BCUT2D eigenvalue weighted by atomic mass is 9.95. The highest BCUT2D eigenvalue weighted by molar-refractivity contribution is 6.31. The fraction of sp³-hybridized carbons (Fsp3) is 0.519. The SMILES string of the molecule is CC.Cc1ccc(OCCCCOc2ccc(C(=O)CC3CCCC3)c(O)c2C)cc1Cl. The van der Waals surface area contributed by atoms with Gasteiger partial charge >= 0.3 is 0 Å². The molecular formula is C27H37ClO4. The molecule has 0 unspecified atom stereocenters. The van der Waals surface area contributed by atoms with Gasteiger partial charge in [0.1, 0.15) is 17.2 Å². The topological polar surface area (TPSA) is 55.8 Å². The minimum atomic E-state index is 0.0300. The number of halogens is 1. The van der Waals surface area contributed by atoms with E-state index >= 15 is 0 Å². The Morgan fingerprint density at radius 2 is 1.69 bits per heavy atom. The second-order valence-electron chi connectivity index (χ2n) is 8.18. The van der Waals surface area contributed by atoms with Crippen LogP contribution in [0.1, 0.15) is 80.3 Å². The summed E-state index contributed by atoms with van der Waals surface area (Å²) in [6.45, 7) is 8.86. The van der Waals surface area contributed by atoms with Crippen molar-refractivity contribution in [3.8, 4) is 17.2 Å². The molecule has 3 rings (SSSR count). The van der Waals surface area contributed by atoms with E-state index < -0.39 is 0 Å². The van der Waals surface area contributed by atoms with Gasteiger partial charge in [0.15, 0.2) is 5.78 Å². The average molecular weight is 461 g/mol. The quantitative estimate of drug-likeness (QED) is 0.291. The second-order valence-corrected chi connectivity index (χ2v) is 8.58. The number of carbonyl (C=O) groups is 1. The molecule has 5 heteroatoms. The third kappa shape index (κ3) is 7.44. The van der Waals surface area contributed by atoms with Crippen molar-refractivity contribution in [3.63, 3.8) is 0 Å². The molecule has 0 saturated heterocycles. The lowest BCUT2D eigenvalue weighted by molar-refractivity contribution is 0.0959. The Kier molecular flexibility index (Phi) is 10.9. The van der Waals surface area contributed by atoms with Gasteiger partial charge in [0.2, 0.25) is 0 Å². The molecule has 0 spiro atoms. The van der Waals surface area contributed by atoms with Crippen LogP contribution in [0.2, 0.25) is 5.02 Å². The highest BCUT2D eigenvalue weighted by Crippen LogP contribution is 2.34. The number of phenols is 1. The van der Waals surface area contributed by atoms with Crippen molar-refractivity contribution >= 4 is 17.4 Å². The Bertz CT molecular complexity index is 872. The molecule has 0 bridgehead atoms. The first-order valence-electron chi connectivity index (χ1n) is 11.8. The first-order chi connectivity index (χ1) is 15.5. The number of ketones is 1. The molecule has 1 aliphatic rings. The van der Waals surface area contributed by atoms with E-state index in [-0.39, 0.29) is 11.5 Å². The van der Waals surface area contributed by atoms with Crippen molar-refractivity contribution < 1.29 is 19.4 Å². The largest absolute Gasteiger partial charge is 0.507 e. The molecule has 0 aliphatic heterocycles. The number of aromatic hydroxyl groups is 1. The van der Waals surface area contributed by atoms with E-state index in [1.54, 1.807) is 19.1 Å². The van der Waals surface area contributed by atoms with Gasteiger partial charge in [-0.1, -0.05) is 57.2 Å². The highest BCUT2D eigenvalue weighted by Gasteiger charge is 2.22. The van der Waals surface area contributed by atoms with Crippen LogP contribution < -0.4 is 9.47 Å². The third-order valence-electron chi connectivity index (χ3n) is 5.84. The van der Waals surface area contributed by atoms with E-state index in [1.807, 2.05) is 39.0 Å². The number of hydrogen-bond donors (Lipinski definition) is 1. The summed E-state index contributed by atoms with van der Waals surface area (Å²) < 4.78 is 11.5. The van der Waals surface area contributed by atoms with E-state index in [0.29, 0.717) is 47.5 Å². The molecule has 1 saturated carbocycles. The normalized spacial score (nSPS) is 13.4. The number of carbonyl (C=O) groups excluding carboxylic acids is 1. The van der Waals surface area contributed by atoms with Crippen LogP contribution in [0.25, 0.3) is 0 Å². The summed E-state index contributed by atoms with van der Waals surface area (Å²) in [5.74, 6) is 1.94. The summed E-state index contributed by atoms with van der Waals surface area (Å²) in [5, 5.41) is 11.2. The average Bonchev–Trinajstić information content (AvgIpc) is 3.30. The van der Waals surface area contributed by atoms with Gasteiger partial charge in [-0.25, -0.2) is 0 Å². The van der Waals surface area contributed by atoms with Crippen LogP contribution in [0, 0.1) is 19.8 Å². The Hall–Kier alpha value is -2.20. The molecular weight excluding hydrogens is 424 g/mol. The number of ether oxygens (including phenoxy) is 2. The minimum absolute atomic E-state index is 0.0300. The molecule has 0 atom stereocenters. The van der Waals surface area contributed by atoms with Crippen molar-refractivity contribution in [2.45, 2.75) is 72.6 Å². The van der Waals surface area contributed by atoms with Crippen molar-refractivity contribution in [2.75, 3.05) is 13.2 Å². The van der Waals surface area contributed by atoms with E-state index in [0.717, 1.165) is 37.0 Å². The van der Waals surface area contributed by atoms with Crippen LogP contribution in [0.4, 0.5) is 0 Å². The maximum Gasteiger partial charge on any atom is 0.166 e. The fourth-order valence-electron chi connectivity index (χ4n) is 3.89. The van der Waals surface area contributed by atoms with Gasteiger partial charge in [-0.3, -0.25) is 4.79 Å². The molecule has 2 aromatic carbocycles. The lowest BCUT2D eigenvalue weighted by Crippen LogP contribution is -2.08. The molecule has 0 radical (unpaired) electrons. The van der Waals surface area contributed by atoms with Gasteiger partial charge in [0.05, 0.1) is 18.8 Å². The van der Waals surface area contributed by atoms with Gasteiger partial charge < -0.3 is 14.6 Å². The molecule has 4 nitrogen and oxygen atoms in total. The summed E-state index contributed by atoms with van der Waals surface area (Å²) in [7, 11) is 0. The molecule has 1 N–H and O–H groups in total. The first kappa shape index (κ1) is 26.1. The molecule has 176 valence electrons. The minimum Gasteiger partial charge on any atom is -0.507 e. The van der Waals surface area contributed by atoms with Gasteiger partial charge in [-0.15, -0.1) is 0 Å². The number of aryl methyl sites for hydroxylation is 1. The Morgan fingerprint density at radius 3 is 2.34 bits per heavy atom. The standard InChI is InChI=1S/C25H31ClO4.C2H6/c1-17-9-10-20(16-22(17)26)29-13-5-6-14-30-24-12-11-21(25(28)18(24)2)23(27)15-19-7-3-4-8-19;1-2/h9-12,16,19,28H,3-8,13-15H2,1-2H3;1-2H3. The maximum atomic E-state index is 12.6. The molecule has 0 heterocycles. The fourth-order valence-corrected chi connectivity index (χ4v) is 4.06. The Balaban J connectivity index is 0.00000176. The smallest absolute Gasteiger partial charge is 0.166 e. The zero-order valence-electron chi connectivity index (χ0n) is 19.9. The van der Waals surface area contributed by atoms with Crippen molar-refractivity contribution in [2.24, 2.45) is 5.92 Å². The van der Waals surface area contributed by atoms with Crippen LogP contribution in [0.5, 0.6) is 17.2 Å². The lowest BCUT2D eigenvalue weighted by Gasteiger charge is -2.14. The Labute approximate surface area is 197 Å². The van der Waals surface area contributed by atoms with E-state index in [9.17, 15) is 9.90 Å². The number of phenolic OH excluding ortho intramolecular Hbond substituents is 1. The summed E-state index contributed by atoms with van der Waals surface area (Å²) in [6, 6.07) is 9.17. The number of rotatable bonds is 10. The van der Waals surface area contributed by atoms with Gasteiger partial charge in [0.25, 0.3) is 0 Å². The summed E-state index contributed by atoms with van der Waals surface area (Å²) in [4.78, 5) is 12.6. The number of Topliss-reactive ketones (excluding diaryl/α,β-unsaturated/α-hetero) is 1. The Morgan fingerprint density at radius 1 is 1.03 bits per heavy atom. The van der Waals surface area contributed by atoms with Crippen LogP contribution in [-0.4, -0.2) is 24.1 Å². The number of unbranched alkanes of at least 4 members (excludes halogenated alkanes) is 1. The van der Waals surface area contributed by atoms with E-state index in [2.05, 4.69) is 0 Å². The number of benzene rings is 2. The maximum absolute atomic E-state index is 12.6. The molecule has 32 heavy (non-hydrogen) atoms. The molecule has 0 amide bonds. The first-order valence-corrected chi connectivity index (χ1v) is 12.2. The van der Waals surface area contributed by atoms with Crippen LogP contribution in [-0.2, 0) is 0 Å². The zero-order chi connectivity index (χ0) is 23.5. The predicted molar refractivity (Wildman–Crippen MR) is 132 cm³/mol. The molecule has 1 fully saturated rings. The van der Waals surface area contributed by atoms with Gasteiger partial charge in [-0.2, -0.15) is 0 Å². The third-order valence-corrected chi connectivity index (χ3v) is 6.25. The second kappa shape index (κ2) is 13.4. The monoisotopic (exact) mass is 460 g/mol. The van der Waals surface area contributed by atoms with Crippen LogP contribution in [0.3, 0.4) is 0 Å². The summed E-state index contributed by atoms with van der Waals surface area (Å²) >= 11 is 6.10. The van der Waals surface area contributed by atoms with Crippen molar-refractivity contribution in [1.29, 1.82) is 0 Å². The predicted octanol–water partition coefficient (Wildman–Crippen LogP) is 7.69. The van der Waals surface area contributed by atoms with Crippen molar-refractivity contribution in [3.05, 3.63) is 52.0 Å². The zero-order valence-corrected chi connectivity index (χ0v) is 20.6. The highest BCUT2D eigenvalue weighted by atomic mass is 35.5. The van der Waals surface area contributed by atoms with Crippen molar-refractivity contribution in [1.82, 2.24) is 0 Å². The molecule has 1 aliphatic carbocycles. The summed E-state index contributed by atoms with van der Waals surface area (Å²) in [5.41, 5.74) is 2.07. The van der Waals surface area contributed by atoms with E-state index in [4.69, 9.17) is 21.1 Å². The van der Waals surface area contributed by atoms with E-state index in [1.165, 1.54) is 12.8 Å². The van der Waals surface area contributed by atoms with Gasteiger partial charge in [-0.05, 0) is 62.4 Å². The number of hydrogen-bond acceptors (Lipinski definition) is 4. The van der Waals surface area contributed by atoms with Gasteiger partial charge in [0, 0.05) is 17.0 Å². The molecule has 2 aromatic rings. The molecule has 0 aromatic heterocycles. The van der Waals surface area contributed by atoms with Crippen LogP contribution in [0.15, 0.2) is 30.3 Å². The van der Waals surface area contributed by atoms with Crippen LogP contribution >= 0.6 is 11.6 Å². The summed E-state index contributed by atoms with van der Waals surface area (Å²) in [6.07, 6.45) is 6.84.